The van der Waals surface area contributed by atoms with Crippen molar-refractivity contribution >= 4 is 41.1 Å². The van der Waals surface area contributed by atoms with Crippen molar-refractivity contribution in [3.63, 3.8) is 0 Å². The zero-order chi connectivity index (χ0) is 30.4. The van der Waals surface area contributed by atoms with Gasteiger partial charge in [-0.1, -0.05) is 41.9 Å². The lowest BCUT2D eigenvalue weighted by Crippen LogP contribution is -2.56. The van der Waals surface area contributed by atoms with E-state index < -0.39 is 54.1 Å². The smallest absolute Gasteiger partial charge is 0.251 e. The number of halogens is 1. The van der Waals surface area contributed by atoms with Crippen molar-refractivity contribution in [1.29, 1.82) is 0 Å². The summed E-state index contributed by atoms with van der Waals surface area (Å²) >= 11 is 5.98. The van der Waals surface area contributed by atoms with E-state index in [1.165, 1.54) is 0 Å². The van der Waals surface area contributed by atoms with Crippen LogP contribution < -0.4 is 27.4 Å². The summed E-state index contributed by atoms with van der Waals surface area (Å²) < 4.78 is 0. The standard InChI is InChI=1S/C29H39ClN6O5/c1-36(2)17-7-6-10-22(28(40)35-24(26(32)38)18-25(31)37)34-29(41)23(16-13-19-11-14-21(30)15-12-19)33-27(39)20-8-4-3-5-9-20/h3-5,8-9,11-12,14-15,22-24H,6-7,10,13,16-18H2,1-2H3,(H2,31,37)(H2,32,38)(H,33,39)(H,34,41)(H,35,40)/t22-,23-,24-/m0/s1. The molecule has 0 radical (unpaired) electrons. The topological polar surface area (TPSA) is 177 Å². The van der Waals surface area contributed by atoms with Crippen LogP contribution in [0.1, 0.15) is 48.0 Å². The molecule has 41 heavy (non-hydrogen) atoms. The van der Waals surface area contributed by atoms with E-state index in [1.807, 2.05) is 31.1 Å². The number of benzene rings is 2. The highest BCUT2D eigenvalue weighted by molar-refractivity contribution is 6.30. The molecular formula is C29H39ClN6O5. The lowest BCUT2D eigenvalue weighted by molar-refractivity contribution is -0.133. The fourth-order valence-corrected chi connectivity index (χ4v) is 4.20. The first-order valence-electron chi connectivity index (χ1n) is 13.4. The second kappa shape index (κ2) is 17.0. The molecule has 2 aromatic rings. The van der Waals surface area contributed by atoms with E-state index in [4.69, 9.17) is 23.1 Å². The third-order valence-electron chi connectivity index (χ3n) is 6.34. The number of unbranched alkanes of at least 4 members (excludes halogenated alkanes) is 1. The Balaban J connectivity index is 2.23. The normalized spacial score (nSPS) is 13.1. The molecule has 0 saturated carbocycles. The fraction of sp³-hybridized carbons (Fsp3) is 0.414. The number of rotatable bonds is 17. The van der Waals surface area contributed by atoms with Crippen molar-refractivity contribution < 1.29 is 24.0 Å². The molecule has 2 aromatic carbocycles. The number of nitrogens with one attached hydrogen (secondary N) is 3. The van der Waals surface area contributed by atoms with Crippen LogP contribution in [0.5, 0.6) is 0 Å². The fourth-order valence-electron chi connectivity index (χ4n) is 4.08. The van der Waals surface area contributed by atoms with Crippen molar-refractivity contribution in [1.82, 2.24) is 20.9 Å². The molecule has 0 saturated heterocycles. The molecule has 0 aliphatic rings. The van der Waals surface area contributed by atoms with Gasteiger partial charge in [0, 0.05) is 10.6 Å². The van der Waals surface area contributed by atoms with Gasteiger partial charge in [0.2, 0.25) is 23.6 Å². The molecule has 0 fully saturated rings. The van der Waals surface area contributed by atoms with Crippen LogP contribution in [0.2, 0.25) is 5.02 Å². The first kappa shape index (κ1) is 33.2. The molecule has 3 atom stereocenters. The van der Waals surface area contributed by atoms with E-state index in [-0.39, 0.29) is 12.8 Å². The predicted octanol–water partition coefficient (Wildman–Crippen LogP) is 1.13. The van der Waals surface area contributed by atoms with Crippen LogP contribution in [0.4, 0.5) is 0 Å². The Morgan fingerprint density at radius 3 is 1.93 bits per heavy atom. The average Bonchev–Trinajstić information content (AvgIpc) is 2.92. The third-order valence-corrected chi connectivity index (χ3v) is 6.59. The minimum Gasteiger partial charge on any atom is -0.370 e. The molecule has 0 bridgehead atoms. The van der Waals surface area contributed by atoms with Gasteiger partial charge in [0.25, 0.3) is 5.91 Å². The number of amides is 5. The van der Waals surface area contributed by atoms with Gasteiger partial charge in [0.1, 0.15) is 18.1 Å². The van der Waals surface area contributed by atoms with Crippen molar-refractivity contribution in [2.24, 2.45) is 11.5 Å². The molecule has 0 aliphatic carbocycles. The van der Waals surface area contributed by atoms with E-state index >= 15 is 0 Å². The van der Waals surface area contributed by atoms with E-state index in [9.17, 15) is 24.0 Å². The summed E-state index contributed by atoms with van der Waals surface area (Å²) in [6, 6.07) is 12.3. The Labute approximate surface area is 245 Å². The summed E-state index contributed by atoms with van der Waals surface area (Å²) in [7, 11) is 3.85. The van der Waals surface area contributed by atoms with Gasteiger partial charge in [-0.15, -0.1) is 0 Å². The Morgan fingerprint density at radius 1 is 0.780 bits per heavy atom. The molecule has 222 valence electrons. The largest absolute Gasteiger partial charge is 0.370 e. The highest BCUT2D eigenvalue weighted by Crippen LogP contribution is 2.13. The number of carbonyl (C=O) groups is 5. The van der Waals surface area contributed by atoms with E-state index in [0.717, 1.165) is 18.5 Å². The number of primary amides is 2. The number of hydrogen-bond acceptors (Lipinski definition) is 6. The second-order valence-electron chi connectivity index (χ2n) is 10.1. The Bertz CT molecular complexity index is 1180. The van der Waals surface area contributed by atoms with Crippen molar-refractivity contribution in [2.45, 2.75) is 56.7 Å². The molecule has 0 spiro atoms. The molecular weight excluding hydrogens is 548 g/mol. The van der Waals surface area contributed by atoms with Gasteiger partial charge in [-0.3, -0.25) is 24.0 Å². The average molecular weight is 587 g/mol. The maximum atomic E-state index is 13.5. The summed E-state index contributed by atoms with van der Waals surface area (Å²) in [5.74, 6) is -3.43. The van der Waals surface area contributed by atoms with E-state index in [1.54, 1.807) is 42.5 Å². The predicted molar refractivity (Wildman–Crippen MR) is 157 cm³/mol. The van der Waals surface area contributed by atoms with Crippen LogP contribution in [0.25, 0.3) is 0 Å². The lowest BCUT2D eigenvalue weighted by atomic mass is 10.0. The monoisotopic (exact) mass is 586 g/mol. The maximum absolute atomic E-state index is 13.5. The minimum absolute atomic E-state index is 0.243. The number of aryl methyl sites for hydroxylation is 1. The zero-order valence-electron chi connectivity index (χ0n) is 23.4. The van der Waals surface area contributed by atoms with Crippen LogP contribution in [0, 0.1) is 0 Å². The molecule has 12 heteroatoms. The lowest BCUT2D eigenvalue weighted by Gasteiger charge is -2.25. The van der Waals surface area contributed by atoms with Gasteiger partial charge in [0.05, 0.1) is 6.42 Å². The van der Waals surface area contributed by atoms with E-state index in [2.05, 4.69) is 16.0 Å². The second-order valence-corrected chi connectivity index (χ2v) is 10.5. The molecule has 11 nitrogen and oxygen atoms in total. The third kappa shape index (κ3) is 12.4. The van der Waals surface area contributed by atoms with Crippen LogP contribution in [-0.2, 0) is 25.6 Å². The molecule has 5 amide bonds. The van der Waals surface area contributed by atoms with Crippen LogP contribution in [-0.4, -0.2) is 73.2 Å². The Kier molecular flexibility index (Phi) is 13.8. The minimum atomic E-state index is -1.32. The van der Waals surface area contributed by atoms with Gasteiger partial charge in [-0.05, 0) is 82.6 Å². The molecule has 0 aromatic heterocycles. The van der Waals surface area contributed by atoms with Gasteiger partial charge in [0.15, 0.2) is 0 Å². The van der Waals surface area contributed by atoms with Gasteiger partial charge < -0.3 is 32.3 Å². The van der Waals surface area contributed by atoms with Crippen LogP contribution >= 0.6 is 11.6 Å². The number of nitrogens with zero attached hydrogens (tertiary/aromatic N) is 1. The highest BCUT2D eigenvalue weighted by Gasteiger charge is 2.29. The Morgan fingerprint density at radius 2 is 1.37 bits per heavy atom. The van der Waals surface area contributed by atoms with Gasteiger partial charge in [-0.2, -0.15) is 0 Å². The van der Waals surface area contributed by atoms with Crippen LogP contribution in [0.3, 0.4) is 0 Å². The molecule has 0 heterocycles. The summed E-state index contributed by atoms with van der Waals surface area (Å²) in [4.78, 5) is 64.8. The summed E-state index contributed by atoms with van der Waals surface area (Å²) in [5, 5.41) is 8.52. The van der Waals surface area contributed by atoms with Crippen molar-refractivity contribution in [2.75, 3.05) is 20.6 Å². The van der Waals surface area contributed by atoms with Gasteiger partial charge >= 0.3 is 0 Å². The quantitative estimate of drug-likeness (QED) is 0.173. The highest BCUT2D eigenvalue weighted by atomic mass is 35.5. The molecule has 2 rings (SSSR count). The van der Waals surface area contributed by atoms with Gasteiger partial charge in [-0.25, -0.2) is 0 Å². The van der Waals surface area contributed by atoms with Crippen molar-refractivity contribution in [3.8, 4) is 0 Å². The first-order valence-corrected chi connectivity index (χ1v) is 13.8. The van der Waals surface area contributed by atoms with Crippen molar-refractivity contribution in [3.05, 3.63) is 70.7 Å². The number of nitrogens with two attached hydrogens (primary N) is 2. The SMILES string of the molecule is CN(C)CCCC[C@H](NC(=O)[C@H](CCc1ccc(Cl)cc1)NC(=O)c1ccccc1)C(=O)N[C@@H](CC(N)=O)C(N)=O. The Hall–Kier alpha value is -3.96. The summed E-state index contributed by atoms with van der Waals surface area (Å²) in [6.07, 6.45) is 1.81. The molecule has 0 unspecified atom stereocenters. The zero-order valence-corrected chi connectivity index (χ0v) is 24.2. The first-order chi connectivity index (χ1) is 19.5. The molecule has 0 aliphatic heterocycles. The maximum Gasteiger partial charge on any atom is 0.251 e. The van der Waals surface area contributed by atoms with E-state index in [0.29, 0.717) is 23.4 Å². The molecule has 7 N–H and O–H groups in total. The number of carbonyl (C=O) groups excluding carboxylic acids is 5. The van der Waals surface area contributed by atoms with Crippen LogP contribution in [0.15, 0.2) is 54.6 Å². The summed E-state index contributed by atoms with van der Waals surface area (Å²) in [6.45, 7) is 0.769. The number of hydrogen-bond donors (Lipinski definition) is 5. The summed E-state index contributed by atoms with van der Waals surface area (Å²) in [5.41, 5.74) is 11.8.